The molecule has 6 heteroatoms. The molecule has 0 unspecified atom stereocenters. The molecular weight excluding hydrogens is 283 g/mol. The highest BCUT2D eigenvalue weighted by molar-refractivity contribution is 6.17. The molecule has 2 amide bonds. The molecule has 20 heavy (non-hydrogen) atoms. The first-order valence-electron chi connectivity index (χ1n) is 6.46. The number of rotatable bonds is 5. The average Bonchev–Trinajstić information content (AvgIpc) is 2.41. The van der Waals surface area contributed by atoms with Crippen molar-refractivity contribution in [1.82, 2.24) is 9.80 Å². The third kappa shape index (κ3) is 3.55. The lowest BCUT2D eigenvalue weighted by atomic mass is 10.1. The summed E-state index contributed by atoms with van der Waals surface area (Å²) in [6.07, 6.45) is 0.590. The van der Waals surface area contributed by atoms with Gasteiger partial charge in [0.25, 0.3) is 0 Å². The Bertz CT molecular complexity index is 492. The summed E-state index contributed by atoms with van der Waals surface area (Å²) in [5, 5.41) is 0. The summed E-state index contributed by atoms with van der Waals surface area (Å²) < 4.78 is 13.6. The van der Waals surface area contributed by atoms with Crippen LogP contribution in [0.4, 0.5) is 4.39 Å². The van der Waals surface area contributed by atoms with E-state index < -0.39 is 0 Å². The zero-order valence-electron chi connectivity index (χ0n) is 11.0. The first kappa shape index (κ1) is 14.9. The Labute approximate surface area is 122 Å². The molecule has 4 nitrogen and oxygen atoms in total. The van der Waals surface area contributed by atoms with E-state index in [0.717, 1.165) is 0 Å². The number of piperazine rings is 1. The largest absolute Gasteiger partial charge is 0.281 e. The van der Waals surface area contributed by atoms with Gasteiger partial charge in [0.1, 0.15) is 5.82 Å². The highest BCUT2D eigenvalue weighted by Crippen LogP contribution is 2.13. The number of halogens is 2. The van der Waals surface area contributed by atoms with Gasteiger partial charge in [-0.1, -0.05) is 18.2 Å². The fourth-order valence-corrected chi connectivity index (χ4v) is 2.31. The molecule has 2 rings (SSSR count). The molecule has 108 valence electrons. The Morgan fingerprint density at radius 2 is 1.80 bits per heavy atom. The van der Waals surface area contributed by atoms with Crippen LogP contribution in [0.2, 0.25) is 0 Å². The third-order valence-electron chi connectivity index (χ3n) is 3.19. The summed E-state index contributed by atoms with van der Waals surface area (Å²) >= 11 is 5.57. The van der Waals surface area contributed by atoms with Crippen molar-refractivity contribution in [3.63, 3.8) is 0 Å². The maximum absolute atomic E-state index is 13.6. The molecule has 0 atom stereocenters. The van der Waals surface area contributed by atoms with Crippen LogP contribution in [0.15, 0.2) is 24.3 Å². The van der Waals surface area contributed by atoms with Crippen LogP contribution in [0.25, 0.3) is 0 Å². The topological polar surface area (TPSA) is 40.6 Å². The predicted octanol–water partition coefficient (Wildman–Crippen LogP) is 1.63. The normalized spacial score (nSPS) is 16.8. The van der Waals surface area contributed by atoms with Crippen LogP contribution >= 0.6 is 11.6 Å². The molecular formula is C14H16ClFN2O2. The zero-order chi connectivity index (χ0) is 14.5. The van der Waals surface area contributed by atoms with Crippen LogP contribution in [0.1, 0.15) is 12.0 Å². The van der Waals surface area contributed by atoms with Crippen LogP contribution in [0.3, 0.4) is 0 Å². The maximum Gasteiger partial charge on any atom is 0.243 e. The van der Waals surface area contributed by atoms with E-state index in [1.54, 1.807) is 23.1 Å². The Morgan fingerprint density at radius 1 is 1.15 bits per heavy atom. The predicted molar refractivity (Wildman–Crippen MR) is 73.7 cm³/mol. The molecule has 1 heterocycles. The first-order chi connectivity index (χ1) is 9.61. The van der Waals surface area contributed by atoms with Gasteiger partial charge in [0.05, 0.1) is 13.1 Å². The Kier molecular flexibility index (Phi) is 5.09. The lowest BCUT2D eigenvalue weighted by Crippen LogP contribution is -2.53. The van der Waals surface area contributed by atoms with Gasteiger partial charge in [-0.15, -0.1) is 11.6 Å². The van der Waals surface area contributed by atoms with Crippen molar-refractivity contribution in [2.24, 2.45) is 0 Å². The van der Waals surface area contributed by atoms with E-state index in [9.17, 15) is 14.0 Å². The number of amides is 2. The van der Waals surface area contributed by atoms with Crippen molar-refractivity contribution >= 4 is 23.4 Å². The van der Waals surface area contributed by atoms with Crippen molar-refractivity contribution in [2.75, 3.05) is 25.5 Å². The number of benzene rings is 1. The minimum absolute atomic E-state index is 0.127. The number of carbonyl (C=O) groups is 2. The minimum Gasteiger partial charge on any atom is -0.281 e. The van der Waals surface area contributed by atoms with Crippen molar-refractivity contribution in [1.29, 1.82) is 0 Å². The lowest BCUT2D eigenvalue weighted by Gasteiger charge is -2.32. The Hall–Kier alpha value is -1.46. The van der Waals surface area contributed by atoms with Gasteiger partial charge < -0.3 is 0 Å². The molecule has 0 N–H and O–H groups in total. The number of imide groups is 1. The minimum atomic E-state index is -0.322. The van der Waals surface area contributed by atoms with Crippen LogP contribution in [-0.2, 0) is 16.1 Å². The molecule has 1 aromatic carbocycles. The second kappa shape index (κ2) is 6.81. The standard InChI is InChI=1S/C14H16ClFN2O2/c15-6-3-7-18-13(19)9-17(10-14(18)20)8-11-4-1-2-5-12(11)16/h1-2,4-5H,3,6-10H2. The zero-order valence-corrected chi connectivity index (χ0v) is 11.8. The van der Waals surface area contributed by atoms with Crippen molar-refractivity contribution in [3.8, 4) is 0 Å². The van der Waals surface area contributed by atoms with E-state index in [1.165, 1.54) is 11.0 Å². The molecule has 0 bridgehead atoms. The van der Waals surface area contributed by atoms with Gasteiger partial charge in [-0.05, 0) is 12.5 Å². The second-order valence-corrected chi connectivity index (χ2v) is 5.10. The van der Waals surface area contributed by atoms with Gasteiger partial charge in [0, 0.05) is 24.5 Å². The van der Waals surface area contributed by atoms with Crippen molar-refractivity contribution in [3.05, 3.63) is 35.6 Å². The second-order valence-electron chi connectivity index (χ2n) is 4.72. The van der Waals surface area contributed by atoms with Crippen LogP contribution in [-0.4, -0.2) is 47.1 Å². The number of hydrogen-bond acceptors (Lipinski definition) is 3. The van der Waals surface area contributed by atoms with E-state index in [-0.39, 0.29) is 37.3 Å². The molecule has 0 aromatic heterocycles. The summed E-state index contributed by atoms with van der Waals surface area (Å²) in [6.45, 7) is 0.868. The fraction of sp³-hybridized carbons (Fsp3) is 0.429. The molecule has 0 saturated carbocycles. The molecule has 0 spiro atoms. The fourth-order valence-electron chi connectivity index (χ4n) is 2.19. The van der Waals surface area contributed by atoms with Crippen LogP contribution in [0.5, 0.6) is 0 Å². The van der Waals surface area contributed by atoms with Gasteiger partial charge in [-0.2, -0.15) is 0 Å². The number of hydrogen-bond donors (Lipinski definition) is 0. The van der Waals surface area contributed by atoms with E-state index in [1.807, 2.05) is 0 Å². The van der Waals surface area contributed by atoms with Gasteiger partial charge in [0.2, 0.25) is 11.8 Å². The summed E-state index contributed by atoms with van der Waals surface area (Å²) in [5.74, 6) is -0.405. The summed E-state index contributed by atoms with van der Waals surface area (Å²) in [6, 6.07) is 6.37. The highest BCUT2D eigenvalue weighted by atomic mass is 35.5. The van der Waals surface area contributed by atoms with E-state index in [2.05, 4.69) is 0 Å². The monoisotopic (exact) mass is 298 g/mol. The molecule has 0 radical (unpaired) electrons. The molecule has 1 aliphatic heterocycles. The highest BCUT2D eigenvalue weighted by Gasteiger charge is 2.30. The first-order valence-corrected chi connectivity index (χ1v) is 7.00. The number of carbonyl (C=O) groups excluding carboxylic acids is 2. The smallest absolute Gasteiger partial charge is 0.243 e. The summed E-state index contributed by atoms with van der Waals surface area (Å²) in [7, 11) is 0. The quantitative estimate of drug-likeness (QED) is 0.613. The van der Waals surface area contributed by atoms with Crippen LogP contribution in [0, 0.1) is 5.82 Å². The Balaban J connectivity index is 1.99. The summed E-state index contributed by atoms with van der Waals surface area (Å²) in [5.41, 5.74) is 0.488. The van der Waals surface area contributed by atoms with E-state index in [4.69, 9.17) is 11.6 Å². The van der Waals surface area contributed by atoms with E-state index in [0.29, 0.717) is 24.4 Å². The molecule has 1 saturated heterocycles. The van der Waals surface area contributed by atoms with Crippen molar-refractivity contribution in [2.45, 2.75) is 13.0 Å². The van der Waals surface area contributed by atoms with Crippen molar-refractivity contribution < 1.29 is 14.0 Å². The molecule has 1 aliphatic rings. The van der Waals surface area contributed by atoms with Gasteiger partial charge in [-0.3, -0.25) is 19.4 Å². The molecule has 1 fully saturated rings. The number of nitrogens with zero attached hydrogens (tertiary/aromatic N) is 2. The van der Waals surface area contributed by atoms with Gasteiger partial charge in [0.15, 0.2) is 0 Å². The van der Waals surface area contributed by atoms with Gasteiger partial charge in [-0.25, -0.2) is 4.39 Å². The number of alkyl halides is 1. The SMILES string of the molecule is O=C1CN(Cc2ccccc2F)CC(=O)N1CCCCl. The lowest BCUT2D eigenvalue weighted by molar-refractivity contribution is -0.151. The van der Waals surface area contributed by atoms with E-state index >= 15 is 0 Å². The maximum atomic E-state index is 13.6. The Morgan fingerprint density at radius 3 is 2.40 bits per heavy atom. The molecule has 1 aromatic rings. The molecule has 0 aliphatic carbocycles. The van der Waals surface area contributed by atoms with Crippen LogP contribution < -0.4 is 0 Å². The third-order valence-corrected chi connectivity index (χ3v) is 3.45. The summed E-state index contributed by atoms with van der Waals surface area (Å²) in [4.78, 5) is 26.7. The van der Waals surface area contributed by atoms with Gasteiger partial charge >= 0.3 is 0 Å². The average molecular weight is 299 g/mol.